The summed E-state index contributed by atoms with van der Waals surface area (Å²) < 4.78 is 46.5. The van der Waals surface area contributed by atoms with Gasteiger partial charge in [-0.25, -0.2) is 18.2 Å². The second-order valence-electron chi connectivity index (χ2n) is 7.15. The molecule has 1 aromatic heterocycles. The number of benzene rings is 3. The van der Waals surface area contributed by atoms with Gasteiger partial charge in [0.25, 0.3) is 0 Å². The molecule has 3 nitrogen and oxygen atoms in total. The number of nitrogens with zero attached hydrogens (tertiary/aromatic N) is 1. The molecule has 0 bridgehead atoms. The Morgan fingerprint density at radius 3 is 2.58 bits per heavy atom. The number of fused-ring (bicyclic) bond motifs is 3. The molecule has 0 aliphatic carbocycles. The average Bonchev–Trinajstić information content (AvgIpc) is 2.93. The fourth-order valence-corrected chi connectivity index (χ4v) is 3.59. The van der Waals surface area contributed by atoms with Crippen LogP contribution in [0.1, 0.15) is 32.7 Å². The fraction of sp³-hybridized carbons (Fsp3) is 0.0400. The Balaban J connectivity index is 1.49. The van der Waals surface area contributed by atoms with Crippen molar-refractivity contribution in [2.24, 2.45) is 0 Å². The van der Waals surface area contributed by atoms with E-state index in [9.17, 15) is 18.0 Å². The summed E-state index contributed by atoms with van der Waals surface area (Å²) in [7, 11) is 0. The Hall–Kier alpha value is -3.93. The molecule has 1 aliphatic rings. The van der Waals surface area contributed by atoms with Crippen molar-refractivity contribution in [1.29, 1.82) is 0 Å². The molecule has 0 amide bonds. The van der Waals surface area contributed by atoms with Gasteiger partial charge in [-0.1, -0.05) is 36.4 Å². The van der Waals surface area contributed by atoms with E-state index in [4.69, 9.17) is 4.74 Å². The van der Waals surface area contributed by atoms with Crippen LogP contribution >= 0.6 is 0 Å². The van der Waals surface area contributed by atoms with Crippen LogP contribution in [0, 0.1) is 17.5 Å². The highest BCUT2D eigenvalue weighted by Crippen LogP contribution is 2.30. The molecule has 152 valence electrons. The zero-order valence-corrected chi connectivity index (χ0v) is 16.0. The lowest BCUT2D eigenvalue weighted by Gasteiger charge is -2.07. The van der Waals surface area contributed by atoms with Gasteiger partial charge in [-0.2, -0.15) is 0 Å². The lowest BCUT2D eigenvalue weighted by Crippen LogP contribution is -2.02. The number of halogens is 3. The SMILES string of the molecule is O=C1c2ccccc2COc2ccc(/C=C/c3ccc4c(F)c(F)c(F)cc4n3)cc21. The van der Waals surface area contributed by atoms with Gasteiger partial charge in [0.05, 0.1) is 16.8 Å². The molecule has 0 radical (unpaired) electrons. The summed E-state index contributed by atoms with van der Waals surface area (Å²) in [6.07, 6.45) is 3.38. The third-order valence-corrected chi connectivity index (χ3v) is 5.19. The molecule has 1 aliphatic heterocycles. The highest BCUT2D eigenvalue weighted by atomic mass is 19.2. The fourth-order valence-electron chi connectivity index (χ4n) is 3.59. The molecule has 2 heterocycles. The van der Waals surface area contributed by atoms with E-state index >= 15 is 0 Å². The zero-order valence-electron chi connectivity index (χ0n) is 16.0. The van der Waals surface area contributed by atoms with Crippen LogP contribution in [0.4, 0.5) is 13.2 Å². The van der Waals surface area contributed by atoms with Crippen LogP contribution in [0.15, 0.2) is 60.7 Å². The van der Waals surface area contributed by atoms with Gasteiger partial charge in [0.1, 0.15) is 12.4 Å². The number of carbonyl (C=O) groups excluding carboxylic acids is 1. The first-order valence-corrected chi connectivity index (χ1v) is 9.53. The Bertz CT molecular complexity index is 1400. The predicted octanol–water partition coefficient (Wildman–Crippen LogP) is 5.95. The molecule has 4 aromatic rings. The van der Waals surface area contributed by atoms with E-state index in [-0.39, 0.29) is 16.7 Å². The van der Waals surface area contributed by atoms with Crippen LogP contribution < -0.4 is 4.74 Å². The van der Waals surface area contributed by atoms with Crippen LogP contribution in [-0.4, -0.2) is 10.8 Å². The number of pyridine rings is 1. The Kier molecular flexibility index (Phi) is 4.55. The van der Waals surface area contributed by atoms with Gasteiger partial charge in [-0.05, 0) is 35.9 Å². The largest absolute Gasteiger partial charge is 0.488 e. The molecular weight excluding hydrogens is 403 g/mol. The van der Waals surface area contributed by atoms with Crippen molar-refractivity contribution in [3.05, 3.63) is 106 Å². The zero-order chi connectivity index (χ0) is 21.5. The van der Waals surface area contributed by atoms with Gasteiger partial charge < -0.3 is 4.74 Å². The van der Waals surface area contributed by atoms with Gasteiger partial charge in [-0.15, -0.1) is 0 Å². The third kappa shape index (κ3) is 3.36. The minimum Gasteiger partial charge on any atom is -0.488 e. The molecule has 5 rings (SSSR count). The third-order valence-electron chi connectivity index (χ3n) is 5.19. The van der Waals surface area contributed by atoms with Gasteiger partial charge in [-0.3, -0.25) is 4.79 Å². The normalized spacial score (nSPS) is 13.1. The van der Waals surface area contributed by atoms with Gasteiger partial charge >= 0.3 is 0 Å². The monoisotopic (exact) mass is 417 g/mol. The first-order valence-electron chi connectivity index (χ1n) is 9.53. The van der Waals surface area contributed by atoms with E-state index in [0.717, 1.165) is 17.2 Å². The first kappa shape index (κ1) is 19.1. The standard InChI is InChI=1S/C25H14F3NO2/c26-20-12-21-18(23(27)24(20)28)9-8-16(29-21)7-5-14-6-10-22-19(11-14)25(30)17-4-2-1-3-15(17)13-31-22/h1-12H,13H2/b7-5+. The molecule has 31 heavy (non-hydrogen) atoms. The van der Waals surface area contributed by atoms with Crippen molar-refractivity contribution in [2.45, 2.75) is 6.61 Å². The molecular formula is C25H14F3NO2. The van der Waals surface area contributed by atoms with E-state index in [2.05, 4.69) is 4.98 Å². The number of aromatic nitrogens is 1. The number of rotatable bonds is 2. The minimum atomic E-state index is -1.52. The molecule has 0 spiro atoms. The lowest BCUT2D eigenvalue weighted by molar-refractivity contribution is 0.103. The smallest absolute Gasteiger partial charge is 0.197 e. The van der Waals surface area contributed by atoms with Gasteiger partial charge in [0, 0.05) is 22.6 Å². The molecule has 0 unspecified atom stereocenters. The van der Waals surface area contributed by atoms with Crippen molar-refractivity contribution in [1.82, 2.24) is 4.98 Å². The Labute approximate surface area is 175 Å². The maximum atomic E-state index is 13.9. The van der Waals surface area contributed by atoms with E-state index in [1.807, 2.05) is 18.2 Å². The van der Waals surface area contributed by atoms with E-state index in [0.29, 0.717) is 29.2 Å². The summed E-state index contributed by atoms with van der Waals surface area (Å²) in [6.45, 7) is 0.318. The topological polar surface area (TPSA) is 39.2 Å². The van der Waals surface area contributed by atoms with Gasteiger partial charge in [0.15, 0.2) is 23.2 Å². The maximum absolute atomic E-state index is 13.9. The van der Waals surface area contributed by atoms with Crippen molar-refractivity contribution in [3.63, 3.8) is 0 Å². The quantitative estimate of drug-likeness (QED) is 0.379. The lowest BCUT2D eigenvalue weighted by atomic mass is 9.98. The summed E-state index contributed by atoms with van der Waals surface area (Å²) in [5, 5.41) is -0.0949. The van der Waals surface area contributed by atoms with Crippen molar-refractivity contribution >= 4 is 28.8 Å². The second kappa shape index (κ2) is 7.40. The van der Waals surface area contributed by atoms with Crippen LogP contribution in [0.3, 0.4) is 0 Å². The van der Waals surface area contributed by atoms with Crippen LogP contribution in [0.2, 0.25) is 0 Å². The first-order chi connectivity index (χ1) is 15.0. The summed E-state index contributed by atoms with van der Waals surface area (Å²) in [5.74, 6) is -3.67. The van der Waals surface area contributed by atoms with Gasteiger partial charge in [0.2, 0.25) is 0 Å². The van der Waals surface area contributed by atoms with Crippen LogP contribution in [-0.2, 0) is 6.61 Å². The summed E-state index contributed by atoms with van der Waals surface area (Å²) in [6, 6.07) is 16.3. The predicted molar refractivity (Wildman–Crippen MR) is 111 cm³/mol. The number of carbonyl (C=O) groups is 1. The van der Waals surface area contributed by atoms with Crippen LogP contribution in [0.5, 0.6) is 5.75 Å². The van der Waals surface area contributed by atoms with E-state index in [1.165, 1.54) is 12.1 Å². The molecule has 0 saturated carbocycles. The second-order valence-corrected chi connectivity index (χ2v) is 7.15. The van der Waals surface area contributed by atoms with E-state index < -0.39 is 17.5 Å². The summed E-state index contributed by atoms with van der Waals surface area (Å²) in [5.41, 5.74) is 3.07. The number of ether oxygens (including phenoxy) is 1. The summed E-state index contributed by atoms with van der Waals surface area (Å²) in [4.78, 5) is 17.1. The highest BCUT2D eigenvalue weighted by molar-refractivity contribution is 6.12. The highest BCUT2D eigenvalue weighted by Gasteiger charge is 2.22. The van der Waals surface area contributed by atoms with Crippen LogP contribution in [0.25, 0.3) is 23.1 Å². The van der Waals surface area contributed by atoms with E-state index in [1.54, 1.807) is 36.4 Å². The van der Waals surface area contributed by atoms with Crippen molar-refractivity contribution < 1.29 is 22.7 Å². The summed E-state index contributed by atoms with van der Waals surface area (Å²) >= 11 is 0. The number of hydrogen-bond donors (Lipinski definition) is 0. The minimum absolute atomic E-state index is 0.0145. The molecule has 0 saturated heterocycles. The van der Waals surface area contributed by atoms with Crippen molar-refractivity contribution in [3.8, 4) is 5.75 Å². The Morgan fingerprint density at radius 1 is 0.871 bits per heavy atom. The molecule has 3 aromatic carbocycles. The molecule has 0 atom stereocenters. The average molecular weight is 417 g/mol. The molecule has 6 heteroatoms. The van der Waals surface area contributed by atoms with Crippen molar-refractivity contribution in [2.75, 3.05) is 0 Å². The molecule has 0 N–H and O–H groups in total. The Morgan fingerprint density at radius 2 is 1.71 bits per heavy atom. The number of hydrogen-bond acceptors (Lipinski definition) is 3. The molecule has 0 fully saturated rings. The maximum Gasteiger partial charge on any atom is 0.197 e. The number of ketones is 1.